The number of aliphatic hydroxyl groups is 1. The minimum absolute atomic E-state index is 0.00285. The third-order valence-electron chi connectivity index (χ3n) is 9.12. The maximum atomic E-state index is 13.2. The predicted molar refractivity (Wildman–Crippen MR) is 195 cm³/mol. The number of rotatable bonds is 16. The van der Waals surface area contributed by atoms with Crippen LogP contribution in [0.1, 0.15) is 35.4 Å². The quantitative estimate of drug-likeness (QED) is 0.140. The van der Waals surface area contributed by atoms with Crippen molar-refractivity contribution in [3.05, 3.63) is 120 Å². The summed E-state index contributed by atoms with van der Waals surface area (Å²) in [6.07, 6.45) is -0.149. The summed E-state index contributed by atoms with van der Waals surface area (Å²) in [5, 5.41) is 10.4. The first kappa shape index (κ1) is 36.7. The van der Waals surface area contributed by atoms with Gasteiger partial charge in [0.05, 0.1) is 24.9 Å². The zero-order chi connectivity index (χ0) is 36.1. The number of carbonyl (C=O) groups excluding carboxylic acids is 2. The number of likely N-dealkylation sites (tertiary alicyclic amines) is 1. The Morgan fingerprint density at radius 2 is 1.60 bits per heavy atom. The van der Waals surface area contributed by atoms with Crippen molar-refractivity contribution in [3.8, 4) is 17.2 Å². The number of ether oxygens (including phenoxy) is 6. The lowest BCUT2D eigenvalue weighted by Crippen LogP contribution is -2.47. The van der Waals surface area contributed by atoms with Crippen molar-refractivity contribution in [2.45, 2.75) is 44.2 Å². The van der Waals surface area contributed by atoms with Crippen molar-refractivity contribution in [1.82, 2.24) is 4.90 Å². The van der Waals surface area contributed by atoms with E-state index in [-0.39, 0.29) is 57.1 Å². The number of hydrogen-bond donors (Lipinski definition) is 1. The first-order valence-corrected chi connectivity index (χ1v) is 17.7. The van der Waals surface area contributed by atoms with Crippen LogP contribution in [-0.4, -0.2) is 87.4 Å². The molecule has 6 rings (SSSR count). The summed E-state index contributed by atoms with van der Waals surface area (Å²) in [5.41, 5.74) is 3.57. The molecule has 2 aliphatic heterocycles. The van der Waals surface area contributed by atoms with Crippen LogP contribution in [-0.2, 0) is 32.2 Å². The molecule has 11 nitrogen and oxygen atoms in total. The Morgan fingerprint density at radius 3 is 2.33 bits per heavy atom. The molecule has 11 heteroatoms. The van der Waals surface area contributed by atoms with E-state index in [2.05, 4.69) is 0 Å². The Morgan fingerprint density at radius 1 is 0.885 bits per heavy atom. The average Bonchev–Trinajstić information content (AvgIpc) is 3.19. The Balaban J connectivity index is 1.11. The highest BCUT2D eigenvalue weighted by atomic mass is 16.6. The van der Waals surface area contributed by atoms with Gasteiger partial charge in [-0.2, -0.15) is 0 Å². The number of fused-ring (bicyclic) bond motifs is 1. The Labute approximate surface area is 304 Å². The fourth-order valence-electron chi connectivity index (χ4n) is 6.36. The number of para-hydroxylation sites is 1. The molecule has 0 spiro atoms. The summed E-state index contributed by atoms with van der Waals surface area (Å²) in [4.78, 5) is 29.4. The highest BCUT2D eigenvalue weighted by molar-refractivity contribution is 5.97. The second kappa shape index (κ2) is 18.4. The summed E-state index contributed by atoms with van der Waals surface area (Å²) in [6, 6.07) is 32.5. The lowest BCUT2D eigenvalue weighted by Gasteiger charge is -2.38. The number of hydrogen-bond acceptors (Lipinski definition) is 9. The first-order valence-electron chi connectivity index (χ1n) is 17.7. The molecule has 2 aliphatic rings. The van der Waals surface area contributed by atoms with E-state index in [1.165, 1.54) is 0 Å². The van der Waals surface area contributed by atoms with Gasteiger partial charge in [-0.25, -0.2) is 4.79 Å². The van der Waals surface area contributed by atoms with Crippen molar-refractivity contribution in [2.75, 3.05) is 58.1 Å². The molecule has 2 heterocycles. The zero-order valence-electron chi connectivity index (χ0n) is 29.4. The lowest BCUT2D eigenvalue weighted by molar-refractivity contribution is -0.121. The molecule has 4 aromatic carbocycles. The summed E-state index contributed by atoms with van der Waals surface area (Å²) < 4.78 is 34.7. The van der Waals surface area contributed by atoms with Crippen LogP contribution >= 0.6 is 0 Å². The monoisotopic (exact) mass is 710 g/mol. The summed E-state index contributed by atoms with van der Waals surface area (Å²) >= 11 is 0. The molecule has 3 atom stereocenters. The third kappa shape index (κ3) is 10.0. The molecule has 0 aromatic heterocycles. The van der Waals surface area contributed by atoms with E-state index in [9.17, 15) is 14.7 Å². The van der Waals surface area contributed by atoms with Crippen LogP contribution in [0.2, 0.25) is 0 Å². The molecule has 274 valence electrons. The Hall–Kier alpha value is -5.10. The van der Waals surface area contributed by atoms with Crippen LogP contribution in [0.4, 0.5) is 10.5 Å². The summed E-state index contributed by atoms with van der Waals surface area (Å²) in [7, 11) is 1.64. The van der Waals surface area contributed by atoms with Crippen LogP contribution in [0.25, 0.3) is 0 Å². The van der Waals surface area contributed by atoms with Gasteiger partial charge in [-0.3, -0.25) is 4.79 Å². The number of nitrogens with zero attached hydrogens (tertiary/aromatic N) is 2. The summed E-state index contributed by atoms with van der Waals surface area (Å²) in [5.74, 6) is 1.87. The van der Waals surface area contributed by atoms with E-state index < -0.39 is 6.10 Å². The van der Waals surface area contributed by atoms with Gasteiger partial charge in [-0.1, -0.05) is 66.7 Å². The maximum absolute atomic E-state index is 13.2. The largest absolute Gasteiger partial charge is 0.491 e. The normalized spacial score (nSPS) is 17.5. The molecule has 4 aromatic rings. The van der Waals surface area contributed by atoms with Crippen molar-refractivity contribution >= 4 is 17.7 Å². The lowest BCUT2D eigenvalue weighted by atomic mass is 9.87. The standard InChI is InChI=1S/C41H46N2O9/c1-47-22-8-20-43-37-23-31(13-18-38(37)51-29-40(43)45)26-50-39-24-42(41(46)52-25-30-9-4-2-5-10-30)21-19-36(39)32-14-16-35(17-15-32)49-28-33(44)27-48-34-11-6-3-7-12-34/h2-7,9-18,23,33,36,39,44H,8,19-22,24-29H2,1H3/t33-,36?,39?/m1/s1. The first-order chi connectivity index (χ1) is 25.5. The van der Waals surface area contributed by atoms with Gasteiger partial charge in [0.1, 0.15) is 43.2 Å². The van der Waals surface area contributed by atoms with Crippen molar-refractivity contribution < 1.29 is 43.1 Å². The van der Waals surface area contributed by atoms with Crippen LogP contribution < -0.4 is 19.1 Å². The van der Waals surface area contributed by atoms with E-state index in [4.69, 9.17) is 28.4 Å². The topological polar surface area (TPSA) is 116 Å². The van der Waals surface area contributed by atoms with Crippen molar-refractivity contribution in [2.24, 2.45) is 0 Å². The number of methoxy groups -OCH3 is 1. The van der Waals surface area contributed by atoms with E-state index in [1.54, 1.807) is 16.9 Å². The van der Waals surface area contributed by atoms with Crippen LogP contribution in [0.3, 0.4) is 0 Å². The van der Waals surface area contributed by atoms with Gasteiger partial charge in [0.15, 0.2) is 6.61 Å². The predicted octanol–water partition coefficient (Wildman–Crippen LogP) is 5.98. The molecule has 2 amide bonds. The molecule has 2 unspecified atom stereocenters. The van der Waals surface area contributed by atoms with Crippen LogP contribution in [0.15, 0.2) is 103 Å². The van der Waals surface area contributed by atoms with Crippen LogP contribution in [0.5, 0.6) is 17.2 Å². The van der Waals surface area contributed by atoms with E-state index in [0.717, 1.165) is 16.7 Å². The van der Waals surface area contributed by atoms with Crippen molar-refractivity contribution in [3.63, 3.8) is 0 Å². The van der Waals surface area contributed by atoms with Gasteiger partial charge in [-0.05, 0) is 65.9 Å². The maximum Gasteiger partial charge on any atom is 0.410 e. The second-order valence-corrected chi connectivity index (χ2v) is 12.9. The molecule has 0 aliphatic carbocycles. The van der Waals surface area contributed by atoms with Gasteiger partial charge in [0.25, 0.3) is 5.91 Å². The molecule has 1 N–H and O–H groups in total. The molecule has 1 fully saturated rings. The number of aliphatic hydroxyl groups excluding tert-OH is 1. The number of benzene rings is 4. The smallest absolute Gasteiger partial charge is 0.410 e. The van der Waals surface area contributed by atoms with E-state index >= 15 is 0 Å². The zero-order valence-corrected chi connectivity index (χ0v) is 29.4. The molecule has 52 heavy (non-hydrogen) atoms. The molecular formula is C41H46N2O9. The van der Waals surface area contributed by atoms with Crippen LogP contribution in [0, 0.1) is 0 Å². The minimum Gasteiger partial charge on any atom is -0.491 e. The molecule has 0 bridgehead atoms. The number of piperidine rings is 1. The highest BCUT2D eigenvalue weighted by Crippen LogP contribution is 2.35. The second-order valence-electron chi connectivity index (χ2n) is 12.9. The summed E-state index contributed by atoms with van der Waals surface area (Å²) in [6.45, 7) is 2.60. The molecular weight excluding hydrogens is 664 g/mol. The Bertz CT molecular complexity index is 1720. The molecule has 0 saturated carbocycles. The third-order valence-corrected chi connectivity index (χ3v) is 9.12. The van der Waals surface area contributed by atoms with Gasteiger partial charge in [0.2, 0.25) is 0 Å². The Kier molecular flexibility index (Phi) is 13.0. The SMILES string of the molecule is COCCCN1C(=O)COc2ccc(COC3CN(C(=O)OCc4ccccc4)CCC3c3ccc(OC[C@H](O)COc4ccccc4)cc3)cc21. The van der Waals surface area contributed by atoms with E-state index in [0.29, 0.717) is 62.0 Å². The number of amides is 2. The number of carbonyl (C=O) groups is 2. The van der Waals surface area contributed by atoms with Gasteiger partial charge < -0.3 is 43.3 Å². The highest BCUT2D eigenvalue weighted by Gasteiger charge is 2.34. The molecule has 0 radical (unpaired) electrons. The number of anilines is 1. The average molecular weight is 711 g/mol. The van der Waals surface area contributed by atoms with Crippen molar-refractivity contribution in [1.29, 1.82) is 0 Å². The van der Waals surface area contributed by atoms with Gasteiger partial charge >= 0.3 is 6.09 Å². The van der Waals surface area contributed by atoms with Gasteiger partial charge in [-0.15, -0.1) is 0 Å². The fraction of sp³-hybridized carbons (Fsp3) is 0.366. The minimum atomic E-state index is -0.797. The van der Waals surface area contributed by atoms with Gasteiger partial charge in [0, 0.05) is 32.7 Å². The molecule has 1 saturated heterocycles. The van der Waals surface area contributed by atoms with E-state index in [1.807, 2.05) is 103 Å². The fourth-order valence-corrected chi connectivity index (χ4v) is 6.36.